The zero-order valence-corrected chi connectivity index (χ0v) is 11.8. The van der Waals surface area contributed by atoms with Gasteiger partial charge in [-0.1, -0.05) is 0 Å². The predicted octanol–water partition coefficient (Wildman–Crippen LogP) is 3.67. The van der Waals surface area contributed by atoms with Crippen LogP contribution >= 0.6 is 0 Å². The number of piperidine rings is 1. The van der Waals surface area contributed by atoms with Gasteiger partial charge in [-0.3, -0.25) is 4.79 Å². The molecule has 2 aromatic rings. The molecule has 110 valence electrons. The molecule has 0 amide bonds. The number of rotatable bonds is 2. The largest absolute Gasteiger partial charge is 0.356 e. The molecule has 1 fully saturated rings. The lowest BCUT2D eigenvalue weighted by Crippen LogP contribution is -2.39. The molecule has 1 aromatic heterocycles. The number of anilines is 1. The maximum absolute atomic E-state index is 13.2. The Bertz CT molecular complexity index is 690. The van der Waals surface area contributed by atoms with Crippen LogP contribution in [0.4, 0.5) is 14.6 Å². The van der Waals surface area contributed by atoms with Crippen LogP contribution < -0.4 is 4.90 Å². The fourth-order valence-electron chi connectivity index (χ4n) is 2.57. The summed E-state index contributed by atoms with van der Waals surface area (Å²) in [5.41, 5.74) is 1.42. The summed E-state index contributed by atoms with van der Waals surface area (Å²) in [5.74, 6) is -1.82. The van der Waals surface area contributed by atoms with Gasteiger partial charge < -0.3 is 4.90 Å². The second-order valence-corrected chi connectivity index (χ2v) is 5.48. The molecule has 1 saturated heterocycles. The quantitative estimate of drug-likeness (QED) is 0.791. The molecule has 0 atom stereocenters. The van der Waals surface area contributed by atoms with E-state index in [-0.39, 0.29) is 18.6 Å². The monoisotopic (exact) mass is 290 g/mol. The first kappa shape index (κ1) is 13.9. The van der Waals surface area contributed by atoms with E-state index in [2.05, 4.69) is 4.98 Å². The highest BCUT2D eigenvalue weighted by Gasteiger charge is 2.34. The van der Waals surface area contributed by atoms with Gasteiger partial charge in [0.25, 0.3) is 5.92 Å². The molecular weight excluding hydrogens is 274 g/mol. The lowest BCUT2D eigenvalue weighted by molar-refractivity contribution is -0.0221. The predicted molar refractivity (Wildman–Crippen MR) is 78.1 cm³/mol. The number of carbonyl (C=O) groups excluding carboxylic acids is 1. The fourth-order valence-corrected chi connectivity index (χ4v) is 2.57. The zero-order valence-electron chi connectivity index (χ0n) is 11.8. The van der Waals surface area contributed by atoms with Crippen LogP contribution in [0.1, 0.15) is 30.1 Å². The number of hydrogen-bond donors (Lipinski definition) is 0. The Morgan fingerprint density at radius 3 is 2.57 bits per heavy atom. The third kappa shape index (κ3) is 2.86. The van der Waals surface area contributed by atoms with Gasteiger partial charge >= 0.3 is 0 Å². The third-order valence-corrected chi connectivity index (χ3v) is 3.90. The van der Waals surface area contributed by atoms with Crippen LogP contribution in [0.5, 0.6) is 0 Å². The van der Waals surface area contributed by atoms with E-state index in [0.717, 1.165) is 10.9 Å². The topological polar surface area (TPSA) is 33.2 Å². The number of alkyl halides is 2. The van der Waals surface area contributed by atoms with Gasteiger partial charge in [-0.15, -0.1) is 0 Å². The van der Waals surface area contributed by atoms with Crippen LogP contribution in [0.3, 0.4) is 0 Å². The third-order valence-electron chi connectivity index (χ3n) is 3.90. The number of pyridine rings is 1. The highest BCUT2D eigenvalue weighted by molar-refractivity contribution is 5.98. The van der Waals surface area contributed by atoms with Crippen molar-refractivity contribution in [2.75, 3.05) is 18.0 Å². The van der Waals surface area contributed by atoms with Gasteiger partial charge in [0.2, 0.25) is 0 Å². The van der Waals surface area contributed by atoms with Crippen molar-refractivity contribution in [3.05, 3.63) is 35.9 Å². The lowest BCUT2D eigenvalue weighted by Gasteiger charge is -2.32. The molecule has 2 heterocycles. The summed E-state index contributed by atoms with van der Waals surface area (Å²) in [5, 5.41) is 0.883. The van der Waals surface area contributed by atoms with Crippen molar-refractivity contribution < 1.29 is 13.6 Å². The second kappa shape index (κ2) is 5.06. The normalized spacial score (nSPS) is 18.0. The number of ketones is 1. The number of carbonyl (C=O) groups is 1. The van der Waals surface area contributed by atoms with E-state index in [0.29, 0.717) is 24.5 Å². The van der Waals surface area contributed by atoms with Gasteiger partial charge in [-0.25, -0.2) is 13.8 Å². The van der Waals surface area contributed by atoms with Crippen molar-refractivity contribution >= 4 is 22.5 Å². The van der Waals surface area contributed by atoms with Gasteiger partial charge in [0.15, 0.2) is 5.78 Å². The second-order valence-electron chi connectivity index (χ2n) is 5.48. The number of nitrogens with zero attached hydrogens (tertiary/aromatic N) is 2. The van der Waals surface area contributed by atoms with Gasteiger partial charge in [0.05, 0.1) is 5.52 Å². The first-order chi connectivity index (χ1) is 9.94. The number of Topliss-reactive ketones (excluding diaryl/α,β-unsaturated/α-hetero) is 1. The highest BCUT2D eigenvalue weighted by Crippen LogP contribution is 2.30. The summed E-state index contributed by atoms with van der Waals surface area (Å²) in [6.07, 6.45) is -0.258. The summed E-state index contributed by atoms with van der Waals surface area (Å²) < 4.78 is 26.4. The van der Waals surface area contributed by atoms with Crippen molar-refractivity contribution in [2.45, 2.75) is 25.7 Å². The van der Waals surface area contributed by atoms with Crippen molar-refractivity contribution in [3.63, 3.8) is 0 Å². The van der Waals surface area contributed by atoms with E-state index in [1.807, 2.05) is 17.0 Å². The molecule has 1 aliphatic rings. The van der Waals surface area contributed by atoms with Crippen LogP contribution in [0.15, 0.2) is 30.3 Å². The molecule has 0 spiro atoms. The first-order valence-electron chi connectivity index (χ1n) is 6.99. The standard InChI is InChI=1S/C16H16F2N2O/c1-11(21)12-2-4-14-13(10-12)3-5-15(19-14)20-8-6-16(17,18)7-9-20/h2-5,10H,6-9H2,1H3. The lowest BCUT2D eigenvalue weighted by atomic mass is 10.1. The maximum atomic E-state index is 13.2. The number of benzene rings is 1. The SMILES string of the molecule is CC(=O)c1ccc2nc(N3CCC(F)(F)CC3)ccc2c1. The highest BCUT2D eigenvalue weighted by atomic mass is 19.3. The smallest absolute Gasteiger partial charge is 0.251 e. The first-order valence-corrected chi connectivity index (χ1v) is 6.99. The maximum Gasteiger partial charge on any atom is 0.251 e. The summed E-state index contributed by atoms with van der Waals surface area (Å²) in [4.78, 5) is 17.8. The van der Waals surface area contributed by atoms with Crippen molar-refractivity contribution in [1.29, 1.82) is 0 Å². The minimum atomic E-state index is -2.55. The summed E-state index contributed by atoms with van der Waals surface area (Å²) in [7, 11) is 0. The Morgan fingerprint density at radius 1 is 1.19 bits per heavy atom. The van der Waals surface area contributed by atoms with Crippen LogP contribution in [-0.2, 0) is 0 Å². The molecule has 1 aromatic carbocycles. The minimum absolute atomic E-state index is 0.0132. The summed E-state index contributed by atoms with van der Waals surface area (Å²) in [6.45, 7) is 2.16. The summed E-state index contributed by atoms with van der Waals surface area (Å²) >= 11 is 0. The van der Waals surface area contributed by atoms with Gasteiger partial charge in [-0.2, -0.15) is 0 Å². The van der Waals surface area contributed by atoms with E-state index < -0.39 is 5.92 Å². The van der Waals surface area contributed by atoms with Crippen LogP contribution in [0.2, 0.25) is 0 Å². The summed E-state index contributed by atoms with van der Waals surface area (Å²) in [6, 6.07) is 9.06. The number of aromatic nitrogens is 1. The molecule has 1 aliphatic heterocycles. The van der Waals surface area contributed by atoms with Gasteiger partial charge in [0.1, 0.15) is 5.82 Å². The van der Waals surface area contributed by atoms with E-state index in [9.17, 15) is 13.6 Å². The van der Waals surface area contributed by atoms with Crippen molar-refractivity contribution in [2.24, 2.45) is 0 Å². The molecule has 0 bridgehead atoms. The van der Waals surface area contributed by atoms with Gasteiger partial charge in [0, 0.05) is 36.9 Å². The molecule has 5 heteroatoms. The molecule has 21 heavy (non-hydrogen) atoms. The molecule has 3 nitrogen and oxygen atoms in total. The Balaban J connectivity index is 1.88. The van der Waals surface area contributed by atoms with Crippen molar-refractivity contribution in [3.8, 4) is 0 Å². The van der Waals surface area contributed by atoms with E-state index in [1.54, 1.807) is 18.2 Å². The van der Waals surface area contributed by atoms with Crippen molar-refractivity contribution in [1.82, 2.24) is 4.98 Å². The van der Waals surface area contributed by atoms with E-state index >= 15 is 0 Å². The van der Waals surface area contributed by atoms with Crippen LogP contribution in [0, 0.1) is 0 Å². The Kier molecular flexibility index (Phi) is 3.35. The molecule has 0 N–H and O–H groups in total. The van der Waals surface area contributed by atoms with Crippen LogP contribution in [-0.4, -0.2) is 29.8 Å². The Hall–Kier alpha value is -2.04. The minimum Gasteiger partial charge on any atom is -0.356 e. The Labute approximate surface area is 121 Å². The van der Waals surface area contributed by atoms with E-state index in [4.69, 9.17) is 0 Å². The molecule has 0 saturated carbocycles. The molecule has 0 radical (unpaired) electrons. The number of halogens is 2. The van der Waals surface area contributed by atoms with Gasteiger partial charge in [-0.05, 0) is 37.3 Å². The Morgan fingerprint density at radius 2 is 1.90 bits per heavy atom. The molecular formula is C16H16F2N2O. The average molecular weight is 290 g/mol. The molecule has 3 rings (SSSR count). The average Bonchev–Trinajstić information content (AvgIpc) is 2.46. The van der Waals surface area contributed by atoms with Crippen LogP contribution in [0.25, 0.3) is 10.9 Å². The van der Waals surface area contributed by atoms with E-state index in [1.165, 1.54) is 6.92 Å². The molecule has 0 unspecified atom stereocenters. The fraction of sp³-hybridized carbons (Fsp3) is 0.375. The zero-order chi connectivity index (χ0) is 15.0. The number of fused-ring (bicyclic) bond motifs is 1. The molecule has 0 aliphatic carbocycles. The number of hydrogen-bond acceptors (Lipinski definition) is 3.